The second kappa shape index (κ2) is 6.58. The number of anilines is 1. The molecular formula is C24H21FN2. The second-order valence-electron chi connectivity index (χ2n) is 7.17. The minimum absolute atomic E-state index is 0.177. The Morgan fingerprint density at radius 3 is 2.52 bits per heavy atom. The molecule has 0 atom stereocenters. The fourth-order valence-corrected chi connectivity index (χ4v) is 4.25. The van der Waals surface area contributed by atoms with Gasteiger partial charge in [-0.05, 0) is 47.9 Å². The molecule has 0 aliphatic carbocycles. The van der Waals surface area contributed by atoms with E-state index in [-0.39, 0.29) is 5.82 Å². The Morgan fingerprint density at radius 1 is 0.852 bits per heavy atom. The van der Waals surface area contributed by atoms with Crippen LogP contribution in [0.25, 0.3) is 10.9 Å². The van der Waals surface area contributed by atoms with Crippen LogP contribution >= 0.6 is 0 Å². The first kappa shape index (κ1) is 16.1. The van der Waals surface area contributed by atoms with Crippen molar-refractivity contribution in [2.24, 2.45) is 0 Å². The zero-order chi connectivity index (χ0) is 18.2. The number of benzene rings is 3. The van der Waals surface area contributed by atoms with Crippen LogP contribution in [0.1, 0.15) is 16.8 Å². The minimum Gasteiger partial charge on any atom is -0.365 e. The van der Waals surface area contributed by atoms with Gasteiger partial charge in [0.2, 0.25) is 0 Å². The smallest absolute Gasteiger partial charge is 0.123 e. The normalized spacial score (nSPS) is 13.7. The number of hydrogen-bond acceptors (Lipinski definition) is 1. The molecule has 2 nitrogen and oxygen atoms in total. The van der Waals surface area contributed by atoms with Crippen molar-refractivity contribution in [3.63, 3.8) is 0 Å². The van der Waals surface area contributed by atoms with Crippen molar-refractivity contribution in [2.75, 3.05) is 11.4 Å². The Hall–Kier alpha value is -3.07. The highest BCUT2D eigenvalue weighted by Crippen LogP contribution is 2.33. The van der Waals surface area contributed by atoms with E-state index in [0.717, 1.165) is 25.1 Å². The number of fused-ring (bicyclic) bond motifs is 3. The summed E-state index contributed by atoms with van der Waals surface area (Å²) in [6.45, 7) is 2.59. The standard InChI is InChI=1S/C24H21FN2/c25-19-8-6-7-18(15-19)16-27-23-12-5-4-11-21(23)22-13-14-26(17-24(22)27)20-9-2-1-3-10-20/h1-12,15H,13-14,16-17H2. The van der Waals surface area contributed by atoms with E-state index in [4.69, 9.17) is 0 Å². The van der Waals surface area contributed by atoms with Crippen molar-refractivity contribution < 1.29 is 4.39 Å². The van der Waals surface area contributed by atoms with Crippen LogP contribution in [0.3, 0.4) is 0 Å². The molecule has 4 aromatic rings. The highest BCUT2D eigenvalue weighted by Gasteiger charge is 2.24. The van der Waals surface area contributed by atoms with Gasteiger partial charge >= 0.3 is 0 Å². The lowest BCUT2D eigenvalue weighted by Gasteiger charge is -2.30. The van der Waals surface area contributed by atoms with Gasteiger partial charge in [0.25, 0.3) is 0 Å². The average molecular weight is 356 g/mol. The Morgan fingerprint density at radius 2 is 1.67 bits per heavy atom. The van der Waals surface area contributed by atoms with Crippen LogP contribution in [-0.4, -0.2) is 11.1 Å². The van der Waals surface area contributed by atoms with Gasteiger partial charge in [-0.15, -0.1) is 0 Å². The first-order chi connectivity index (χ1) is 13.3. The van der Waals surface area contributed by atoms with E-state index in [1.165, 1.54) is 33.9 Å². The van der Waals surface area contributed by atoms with Gasteiger partial charge in [-0.1, -0.05) is 48.5 Å². The van der Waals surface area contributed by atoms with Crippen molar-refractivity contribution in [2.45, 2.75) is 19.5 Å². The first-order valence-corrected chi connectivity index (χ1v) is 9.43. The van der Waals surface area contributed by atoms with E-state index >= 15 is 0 Å². The number of rotatable bonds is 3. The Kier molecular flexibility index (Phi) is 3.93. The summed E-state index contributed by atoms with van der Waals surface area (Å²) in [5.74, 6) is -0.177. The van der Waals surface area contributed by atoms with E-state index in [0.29, 0.717) is 6.54 Å². The van der Waals surface area contributed by atoms with Crippen molar-refractivity contribution in [3.8, 4) is 0 Å². The molecule has 0 saturated heterocycles. The third-order valence-corrected chi connectivity index (χ3v) is 5.52. The fourth-order valence-electron chi connectivity index (χ4n) is 4.25. The van der Waals surface area contributed by atoms with E-state index in [9.17, 15) is 4.39 Å². The Balaban J connectivity index is 1.61. The van der Waals surface area contributed by atoms with Crippen LogP contribution in [0.4, 0.5) is 10.1 Å². The third-order valence-electron chi connectivity index (χ3n) is 5.52. The van der Waals surface area contributed by atoms with Gasteiger partial charge in [-0.3, -0.25) is 0 Å². The average Bonchev–Trinajstić information content (AvgIpc) is 3.02. The molecular weight excluding hydrogens is 335 g/mol. The molecule has 27 heavy (non-hydrogen) atoms. The summed E-state index contributed by atoms with van der Waals surface area (Å²) >= 11 is 0. The number of aromatic nitrogens is 1. The molecule has 5 rings (SSSR count). The van der Waals surface area contributed by atoms with Crippen LogP contribution in [0.2, 0.25) is 0 Å². The summed E-state index contributed by atoms with van der Waals surface area (Å²) in [4.78, 5) is 2.43. The maximum Gasteiger partial charge on any atom is 0.123 e. The fraction of sp³-hybridized carbons (Fsp3) is 0.167. The summed E-state index contributed by atoms with van der Waals surface area (Å²) in [6, 6.07) is 26.1. The van der Waals surface area contributed by atoms with Crippen LogP contribution in [0.15, 0.2) is 78.9 Å². The molecule has 3 heteroatoms. The van der Waals surface area contributed by atoms with Crippen molar-refractivity contribution >= 4 is 16.6 Å². The lowest BCUT2D eigenvalue weighted by Crippen LogP contribution is -2.31. The van der Waals surface area contributed by atoms with Gasteiger partial charge in [0.05, 0.1) is 6.54 Å². The minimum atomic E-state index is -0.177. The molecule has 1 aromatic heterocycles. The van der Waals surface area contributed by atoms with Crippen LogP contribution in [-0.2, 0) is 19.5 Å². The van der Waals surface area contributed by atoms with Crippen LogP contribution in [0, 0.1) is 5.82 Å². The highest BCUT2D eigenvalue weighted by atomic mass is 19.1. The van der Waals surface area contributed by atoms with Gasteiger partial charge in [0, 0.05) is 35.4 Å². The zero-order valence-corrected chi connectivity index (χ0v) is 15.1. The largest absolute Gasteiger partial charge is 0.365 e. The number of para-hydroxylation sites is 2. The van der Waals surface area contributed by atoms with Gasteiger partial charge in [-0.2, -0.15) is 0 Å². The molecule has 0 amide bonds. The summed E-state index contributed by atoms with van der Waals surface area (Å²) in [5.41, 5.74) is 6.27. The molecule has 0 radical (unpaired) electrons. The lowest BCUT2D eigenvalue weighted by atomic mass is 10.0. The topological polar surface area (TPSA) is 8.17 Å². The molecule has 0 fully saturated rings. The molecule has 0 unspecified atom stereocenters. The number of halogens is 1. The third kappa shape index (κ3) is 2.89. The lowest BCUT2D eigenvalue weighted by molar-refractivity contribution is 0.621. The first-order valence-electron chi connectivity index (χ1n) is 9.43. The van der Waals surface area contributed by atoms with Crippen molar-refractivity contribution in [1.82, 2.24) is 4.57 Å². The molecule has 1 aliphatic rings. The maximum atomic E-state index is 13.7. The van der Waals surface area contributed by atoms with E-state index in [2.05, 4.69) is 64.1 Å². The van der Waals surface area contributed by atoms with Crippen molar-refractivity contribution in [3.05, 3.63) is 102 Å². The summed E-state index contributed by atoms with van der Waals surface area (Å²) in [6.07, 6.45) is 1.03. The quantitative estimate of drug-likeness (QED) is 0.478. The zero-order valence-electron chi connectivity index (χ0n) is 15.1. The molecule has 0 spiro atoms. The molecule has 0 N–H and O–H groups in total. The monoisotopic (exact) mass is 356 g/mol. The van der Waals surface area contributed by atoms with E-state index < -0.39 is 0 Å². The molecule has 0 bridgehead atoms. The van der Waals surface area contributed by atoms with E-state index in [1.54, 1.807) is 12.1 Å². The second-order valence-corrected chi connectivity index (χ2v) is 7.17. The van der Waals surface area contributed by atoms with Crippen molar-refractivity contribution in [1.29, 1.82) is 0 Å². The summed E-state index contributed by atoms with van der Waals surface area (Å²) in [7, 11) is 0. The molecule has 2 heterocycles. The SMILES string of the molecule is Fc1cccc(Cn2c3c(c4ccccc42)CCN(c2ccccc2)C3)c1. The van der Waals surface area contributed by atoms with Gasteiger partial charge in [0.1, 0.15) is 5.82 Å². The maximum absolute atomic E-state index is 13.7. The number of hydrogen-bond donors (Lipinski definition) is 0. The summed E-state index contributed by atoms with van der Waals surface area (Å²) < 4.78 is 16.1. The van der Waals surface area contributed by atoms with Crippen LogP contribution in [0.5, 0.6) is 0 Å². The summed E-state index contributed by atoms with van der Waals surface area (Å²) in [5, 5.41) is 1.33. The predicted molar refractivity (Wildman–Crippen MR) is 109 cm³/mol. The Labute approximate surface area is 158 Å². The Bertz CT molecular complexity index is 1100. The molecule has 3 aromatic carbocycles. The van der Waals surface area contributed by atoms with Gasteiger partial charge in [-0.25, -0.2) is 4.39 Å². The molecule has 1 aliphatic heterocycles. The number of nitrogens with zero attached hydrogens (tertiary/aromatic N) is 2. The van der Waals surface area contributed by atoms with Crippen LogP contribution < -0.4 is 4.90 Å². The molecule has 0 saturated carbocycles. The highest BCUT2D eigenvalue weighted by molar-refractivity contribution is 5.86. The van der Waals surface area contributed by atoms with Gasteiger partial charge < -0.3 is 9.47 Å². The predicted octanol–water partition coefficient (Wildman–Crippen LogP) is 5.39. The van der Waals surface area contributed by atoms with Gasteiger partial charge in [0.15, 0.2) is 0 Å². The molecule has 134 valence electrons. The van der Waals surface area contributed by atoms with E-state index in [1.807, 2.05) is 6.07 Å².